The minimum Gasteiger partial charge on any atom is -0.381 e. The number of hydrogen-bond acceptors (Lipinski definition) is 5. The molecular weight excluding hydrogens is 344 g/mol. The van der Waals surface area contributed by atoms with Crippen LogP contribution in [0, 0.1) is 0 Å². The van der Waals surface area contributed by atoms with Crippen molar-refractivity contribution in [3.8, 4) is 0 Å². The highest BCUT2D eigenvalue weighted by atomic mass is 16.2. The van der Waals surface area contributed by atoms with Crippen LogP contribution in [0.15, 0.2) is 18.2 Å². The molecule has 27 heavy (non-hydrogen) atoms. The first kappa shape index (κ1) is 18.0. The van der Waals surface area contributed by atoms with E-state index in [1.165, 1.54) is 19.3 Å². The summed E-state index contributed by atoms with van der Waals surface area (Å²) in [7, 11) is 2.00. The van der Waals surface area contributed by atoms with Crippen LogP contribution < -0.4 is 16.0 Å². The molecule has 0 bridgehead atoms. The van der Waals surface area contributed by atoms with Gasteiger partial charge in [0.15, 0.2) is 0 Å². The number of imide groups is 1. The number of piperidine rings is 1. The molecule has 3 N–H and O–H groups in total. The molecule has 144 valence electrons. The van der Waals surface area contributed by atoms with Crippen molar-refractivity contribution in [2.24, 2.45) is 0 Å². The molecule has 1 aliphatic carbocycles. The van der Waals surface area contributed by atoms with Gasteiger partial charge in [0.1, 0.15) is 6.04 Å². The largest absolute Gasteiger partial charge is 0.381 e. The molecule has 1 unspecified atom stereocenters. The zero-order valence-electron chi connectivity index (χ0n) is 15.6. The molecule has 2 aliphatic heterocycles. The van der Waals surface area contributed by atoms with Gasteiger partial charge in [0.25, 0.3) is 5.91 Å². The van der Waals surface area contributed by atoms with Crippen molar-refractivity contribution >= 4 is 23.4 Å². The number of fused-ring (bicyclic) bond motifs is 1. The van der Waals surface area contributed by atoms with Crippen LogP contribution in [0.5, 0.6) is 0 Å². The molecule has 0 radical (unpaired) electrons. The van der Waals surface area contributed by atoms with Crippen LogP contribution in [-0.2, 0) is 16.1 Å². The standard InChI is InChI=1S/C20H26N4O3/c1-21-15-4-2-3-5-16(15)22-13-6-7-14-12(10-13)11-24(20(14)27)17-8-9-18(25)23-19(17)26/h6-7,10,15-17,21-22H,2-5,8-9,11H2,1H3,(H,23,25,26)/t15-,16-,17?/m0/s1. The van der Waals surface area contributed by atoms with Crippen molar-refractivity contribution in [1.29, 1.82) is 0 Å². The van der Waals surface area contributed by atoms with Crippen LogP contribution >= 0.6 is 0 Å². The van der Waals surface area contributed by atoms with Crippen LogP contribution in [0.3, 0.4) is 0 Å². The number of carbonyl (C=O) groups excluding carboxylic acids is 3. The maximum atomic E-state index is 12.8. The van der Waals surface area contributed by atoms with Gasteiger partial charge in [-0.25, -0.2) is 0 Å². The van der Waals surface area contributed by atoms with E-state index in [0.29, 0.717) is 30.6 Å². The Labute approximate surface area is 158 Å². The number of amides is 3. The minimum atomic E-state index is -0.564. The Bertz CT molecular complexity index is 778. The van der Waals surface area contributed by atoms with E-state index in [0.717, 1.165) is 17.7 Å². The average molecular weight is 370 g/mol. The Hall–Kier alpha value is -2.41. The Morgan fingerprint density at radius 2 is 1.85 bits per heavy atom. The SMILES string of the molecule is CN[C@H]1CCCC[C@@H]1Nc1ccc2c(c1)CN(C1CCC(=O)NC1=O)C2=O. The summed E-state index contributed by atoms with van der Waals surface area (Å²) >= 11 is 0. The third-order valence-corrected chi connectivity index (χ3v) is 6.01. The maximum absolute atomic E-state index is 12.8. The lowest BCUT2D eigenvalue weighted by Gasteiger charge is -2.32. The van der Waals surface area contributed by atoms with Crippen molar-refractivity contribution < 1.29 is 14.4 Å². The molecule has 2 fully saturated rings. The second-order valence-corrected chi connectivity index (χ2v) is 7.70. The number of benzene rings is 1. The molecular formula is C20H26N4O3. The molecule has 1 saturated carbocycles. The lowest BCUT2D eigenvalue weighted by molar-refractivity contribution is -0.136. The van der Waals surface area contributed by atoms with E-state index >= 15 is 0 Å². The van der Waals surface area contributed by atoms with E-state index < -0.39 is 6.04 Å². The van der Waals surface area contributed by atoms with Crippen LogP contribution in [-0.4, -0.2) is 47.8 Å². The molecule has 3 amide bonds. The molecule has 7 nitrogen and oxygen atoms in total. The van der Waals surface area contributed by atoms with Crippen LogP contribution in [0.4, 0.5) is 5.69 Å². The van der Waals surface area contributed by atoms with Gasteiger partial charge < -0.3 is 15.5 Å². The predicted octanol–water partition coefficient (Wildman–Crippen LogP) is 1.39. The first-order valence-corrected chi connectivity index (χ1v) is 9.78. The van der Waals surface area contributed by atoms with Gasteiger partial charge in [-0.15, -0.1) is 0 Å². The highest BCUT2D eigenvalue weighted by molar-refractivity contribution is 6.05. The second-order valence-electron chi connectivity index (χ2n) is 7.70. The molecule has 2 heterocycles. The summed E-state index contributed by atoms with van der Waals surface area (Å²) in [6, 6.07) is 6.10. The summed E-state index contributed by atoms with van der Waals surface area (Å²) in [6.45, 7) is 0.413. The summed E-state index contributed by atoms with van der Waals surface area (Å²) < 4.78 is 0. The quantitative estimate of drug-likeness (QED) is 0.697. The molecule has 0 spiro atoms. The van der Waals surface area contributed by atoms with Gasteiger partial charge in [0.2, 0.25) is 11.8 Å². The molecule has 1 aromatic rings. The first-order chi connectivity index (χ1) is 13.1. The van der Waals surface area contributed by atoms with Gasteiger partial charge in [-0.3, -0.25) is 19.7 Å². The third kappa shape index (κ3) is 3.43. The number of nitrogens with zero attached hydrogens (tertiary/aromatic N) is 1. The third-order valence-electron chi connectivity index (χ3n) is 6.01. The average Bonchev–Trinajstić information content (AvgIpc) is 2.98. The zero-order chi connectivity index (χ0) is 19.0. The van der Waals surface area contributed by atoms with Gasteiger partial charge in [0, 0.05) is 36.3 Å². The molecule has 1 saturated heterocycles. The van der Waals surface area contributed by atoms with Gasteiger partial charge in [-0.1, -0.05) is 12.8 Å². The van der Waals surface area contributed by atoms with Crippen LogP contribution in [0.25, 0.3) is 0 Å². The smallest absolute Gasteiger partial charge is 0.255 e. The van der Waals surface area contributed by atoms with Crippen molar-refractivity contribution in [3.05, 3.63) is 29.3 Å². The molecule has 7 heteroatoms. The van der Waals surface area contributed by atoms with Crippen molar-refractivity contribution in [3.63, 3.8) is 0 Å². The molecule has 3 aliphatic rings. The molecule has 4 rings (SSSR count). The van der Waals surface area contributed by atoms with E-state index in [2.05, 4.69) is 16.0 Å². The fourth-order valence-corrected chi connectivity index (χ4v) is 4.53. The number of hydrogen-bond donors (Lipinski definition) is 3. The number of carbonyl (C=O) groups is 3. The highest BCUT2D eigenvalue weighted by Gasteiger charge is 2.39. The maximum Gasteiger partial charge on any atom is 0.255 e. The summed E-state index contributed by atoms with van der Waals surface area (Å²) in [5.74, 6) is -0.764. The van der Waals surface area contributed by atoms with Gasteiger partial charge in [0.05, 0.1) is 0 Å². The van der Waals surface area contributed by atoms with Gasteiger partial charge >= 0.3 is 0 Å². The molecule has 3 atom stereocenters. The number of rotatable bonds is 4. The lowest BCUT2D eigenvalue weighted by Crippen LogP contribution is -2.52. The van der Waals surface area contributed by atoms with Crippen molar-refractivity contribution in [1.82, 2.24) is 15.5 Å². The predicted molar refractivity (Wildman–Crippen MR) is 101 cm³/mol. The normalized spacial score (nSPS) is 28.1. The lowest BCUT2D eigenvalue weighted by atomic mass is 9.90. The Kier molecular flexibility index (Phi) is 4.86. The fraction of sp³-hybridized carbons (Fsp3) is 0.550. The Balaban J connectivity index is 1.49. The van der Waals surface area contributed by atoms with Crippen LogP contribution in [0.2, 0.25) is 0 Å². The van der Waals surface area contributed by atoms with E-state index in [1.54, 1.807) is 4.90 Å². The summed E-state index contributed by atoms with van der Waals surface area (Å²) in [4.78, 5) is 37.9. The summed E-state index contributed by atoms with van der Waals surface area (Å²) in [5.41, 5.74) is 2.60. The summed E-state index contributed by atoms with van der Waals surface area (Å²) in [6.07, 6.45) is 5.44. The minimum absolute atomic E-state index is 0.128. The van der Waals surface area contributed by atoms with Gasteiger partial charge in [-0.2, -0.15) is 0 Å². The second kappa shape index (κ2) is 7.31. The van der Waals surface area contributed by atoms with Crippen LogP contribution in [0.1, 0.15) is 54.4 Å². The number of anilines is 1. The van der Waals surface area contributed by atoms with E-state index in [-0.39, 0.29) is 24.1 Å². The van der Waals surface area contributed by atoms with E-state index in [9.17, 15) is 14.4 Å². The monoisotopic (exact) mass is 370 g/mol. The van der Waals surface area contributed by atoms with E-state index in [1.807, 2.05) is 25.2 Å². The van der Waals surface area contributed by atoms with Gasteiger partial charge in [-0.05, 0) is 50.1 Å². The Morgan fingerprint density at radius 3 is 2.59 bits per heavy atom. The summed E-state index contributed by atoms with van der Waals surface area (Å²) in [5, 5.41) is 9.35. The van der Waals surface area contributed by atoms with E-state index in [4.69, 9.17) is 0 Å². The first-order valence-electron chi connectivity index (χ1n) is 9.78. The topological polar surface area (TPSA) is 90.5 Å². The Morgan fingerprint density at radius 1 is 1.07 bits per heavy atom. The number of nitrogens with one attached hydrogen (secondary N) is 3. The fourth-order valence-electron chi connectivity index (χ4n) is 4.53. The molecule has 1 aromatic carbocycles. The zero-order valence-corrected chi connectivity index (χ0v) is 15.6. The highest BCUT2D eigenvalue weighted by Crippen LogP contribution is 2.30. The van der Waals surface area contributed by atoms with Crippen molar-refractivity contribution in [2.75, 3.05) is 12.4 Å². The van der Waals surface area contributed by atoms with Crippen molar-refractivity contribution in [2.45, 2.75) is 63.2 Å². The number of likely N-dealkylation sites (N-methyl/N-ethyl adjacent to an activating group) is 1. The molecule has 0 aromatic heterocycles.